The lowest BCUT2D eigenvalue weighted by molar-refractivity contribution is -0.870. The van der Waals surface area contributed by atoms with Gasteiger partial charge < -0.3 is 33.3 Å². The molecule has 0 N–H and O–H groups in total. The van der Waals surface area contributed by atoms with Crippen molar-refractivity contribution in [2.45, 2.75) is 200 Å². The number of rotatable bonds is 40. The van der Waals surface area contributed by atoms with E-state index in [2.05, 4.69) is 38.2 Å². The van der Waals surface area contributed by atoms with Gasteiger partial charge in [0, 0.05) is 12.8 Å². The summed E-state index contributed by atoms with van der Waals surface area (Å²) in [5, 5.41) is 11.7. The Bertz CT molecular complexity index is 944. The van der Waals surface area contributed by atoms with Crippen LogP contribution in [-0.2, 0) is 33.3 Å². The number of likely N-dealkylation sites (N-methyl/N-ethyl adjacent to an activating group) is 1. The lowest BCUT2D eigenvalue weighted by Crippen LogP contribution is -2.44. The number of carbonyl (C=O) groups excluding carboxylic acids is 3. The van der Waals surface area contributed by atoms with Crippen LogP contribution in [0.2, 0.25) is 0 Å². The van der Waals surface area contributed by atoms with Crippen LogP contribution < -0.4 is 5.11 Å². The van der Waals surface area contributed by atoms with E-state index < -0.39 is 24.3 Å². The van der Waals surface area contributed by atoms with Crippen LogP contribution >= 0.6 is 0 Å². The second kappa shape index (κ2) is 37.7. The van der Waals surface area contributed by atoms with Gasteiger partial charge in [-0.2, -0.15) is 0 Å². The molecule has 2 atom stereocenters. The van der Waals surface area contributed by atoms with Crippen molar-refractivity contribution < 1.29 is 42.9 Å². The van der Waals surface area contributed by atoms with E-state index in [0.29, 0.717) is 23.9 Å². The van der Waals surface area contributed by atoms with Gasteiger partial charge in [-0.15, -0.1) is 0 Å². The molecule has 0 rings (SSSR count). The highest BCUT2D eigenvalue weighted by Crippen LogP contribution is 2.14. The van der Waals surface area contributed by atoms with Crippen LogP contribution in [0, 0.1) is 0 Å². The molecule has 0 aliphatic heterocycles. The van der Waals surface area contributed by atoms with Crippen molar-refractivity contribution >= 4 is 17.9 Å². The summed E-state index contributed by atoms with van der Waals surface area (Å²) < 4.78 is 22.5. The van der Waals surface area contributed by atoms with Gasteiger partial charge in [0.2, 0.25) is 0 Å². The van der Waals surface area contributed by atoms with Gasteiger partial charge in [-0.3, -0.25) is 9.59 Å². The maximum atomic E-state index is 12.7. The number of carbonyl (C=O) groups is 3. The van der Waals surface area contributed by atoms with E-state index in [9.17, 15) is 19.5 Å². The first-order chi connectivity index (χ1) is 26.1. The predicted octanol–water partition coefficient (Wildman–Crippen LogP) is 9.94. The third-order valence-electron chi connectivity index (χ3n) is 9.45. The molecule has 0 aliphatic carbocycles. The van der Waals surface area contributed by atoms with Crippen LogP contribution in [0.15, 0.2) is 24.3 Å². The molecule has 0 bridgehead atoms. The minimum Gasteiger partial charge on any atom is -0.545 e. The molecule has 0 radical (unpaired) electrons. The van der Waals surface area contributed by atoms with Gasteiger partial charge in [0.15, 0.2) is 12.4 Å². The third kappa shape index (κ3) is 38.1. The first-order valence-corrected chi connectivity index (χ1v) is 22.0. The molecule has 54 heavy (non-hydrogen) atoms. The summed E-state index contributed by atoms with van der Waals surface area (Å²) in [5.41, 5.74) is 0. The molecule has 316 valence electrons. The molecule has 9 heteroatoms. The number of allylic oxidation sites excluding steroid dienone is 4. The third-order valence-corrected chi connectivity index (χ3v) is 9.45. The van der Waals surface area contributed by atoms with Crippen LogP contribution in [0.4, 0.5) is 0 Å². The molecule has 0 aromatic carbocycles. The van der Waals surface area contributed by atoms with Crippen LogP contribution in [0.5, 0.6) is 0 Å². The fraction of sp³-hybridized carbons (Fsp3) is 0.844. The van der Waals surface area contributed by atoms with Gasteiger partial charge in [-0.1, -0.05) is 154 Å². The second-order valence-corrected chi connectivity index (χ2v) is 16.0. The van der Waals surface area contributed by atoms with Crippen molar-refractivity contribution in [3.8, 4) is 0 Å². The highest BCUT2D eigenvalue weighted by molar-refractivity contribution is 5.70. The number of ether oxygens (including phenoxy) is 4. The van der Waals surface area contributed by atoms with Gasteiger partial charge in [-0.25, -0.2) is 0 Å². The zero-order valence-corrected chi connectivity index (χ0v) is 35.6. The minimum absolute atomic E-state index is 0.146. The summed E-state index contributed by atoms with van der Waals surface area (Å²) in [6, 6.07) is 0. The van der Waals surface area contributed by atoms with Crippen molar-refractivity contribution in [2.24, 2.45) is 0 Å². The fourth-order valence-corrected chi connectivity index (χ4v) is 5.98. The molecule has 0 spiro atoms. The normalized spacial score (nSPS) is 13.1. The number of hydrogen-bond acceptors (Lipinski definition) is 8. The molecule has 0 saturated carbocycles. The topological polar surface area (TPSA) is 111 Å². The minimum atomic E-state index is -1.62. The second-order valence-electron chi connectivity index (χ2n) is 16.0. The summed E-state index contributed by atoms with van der Waals surface area (Å²) in [4.78, 5) is 36.9. The number of esters is 2. The number of quaternary nitrogens is 1. The van der Waals surface area contributed by atoms with Crippen molar-refractivity contribution in [1.29, 1.82) is 0 Å². The average Bonchev–Trinajstić information content (AvgIpc) is 3.12. The van der Waals surface area contributed by atoms with E-state index in [4.69, 9.17) is 18.9 Å². The first kappa shape index (κ1) is 51.8. The molecular formula is C45H83NO8. The van der Waals surface area contributed by atoms with Crippen LogP contribution in [0.3, 0.4) is 0 Å². The van der Waals surface area contributed by atoms with E-state index in [1.54, 1.807) is 0 Å². The lowest BCUT2D eigenvalue weighted by atomic mass is 10.0. The Morgan fingerprint density at radius 2 is 1.00 bits per heavy atom. The van der Waals surface area contributed by atoms with Gasteiger partial charge in [0.05, 0.1) is 40.3 Å². The molecule has 2 unspecified atom stereocenters. The Kier molecular flexibility index (Phi) is 36.1. The molecular weight excluding hydrogens is 682 g/mol. The van der Waals surface area contributed by atoms with Crippen molar-refractivity contribution in [3.63, 3.8) is 0 Å². The number of hydrogen-bond donors (Lipinski definition) is 0. The Labute approximate surface area is 331 Å². The van der Waals surface area contributed by atoms with Crippen molar-refractivity contribution in [2.75, 3.05) is 47.5 Å². The zero-order valence-electron chi connectivity index (χ0n) is 35.6. The van der Waals surface area contributed by atoms with Crippen LogP contribution in [-0.4, -0.2) is 82.3 Å². The molecule has 0 aromatic rings. The molecule has 0 aromatic heterocycles. The Morgan fingerprint density at radius 1 is 0.556 bits per heavy atom. The predicted molar refractivity (Wildman–Crippen MR) is 219 cm³/mol. The van der Waals surface area contributed by atoms with E-state index >= 15 is 0 Å². The highest BCUT2D eigenvalue weighted by Gasteiger charge is 2.21. The largest absolute Gasteiger partial charge is 0.545 e. The summed E-state index contributed by atoms with van der Waals surface area (Å²) in [5.74, 6) is -2.30. The number of carboxylic acids is 1. The van der Waals surface area contributed by atoms with Crippen LogP contribution in [0.1, 0.15) is 187 Å². The monoisotopic (exact) mass is 766 g/mol. The Balaban J connectivity index is 4.48. The average molecular weight is 766 g/mol. The zero-order chi connectivity index (χ0) is 40.0. The van der Waals surface area contributed by atoms with Crippen molar-refractivity contribution in [1.82, 2.24) is 0 Å². The SMILES string of the molecule is CCCCCC/C=C\C/C=C\CCCCCCCC(=O)OC(COC(=O)CCCCCCCCCCCCCCC)COC(OCC[N+](C)(C)C)C(=O)[O-]. The van der Waals surface area contributed by atoms with E-state index in [-0.39, 0.29) is 32.2 Å². The summed E-state index contributed by atoms with van der Waals surface area (Å²) in [6.45, 7) is 4.71. The fourth-order valence-electron chi connectivity index (χ4n) is 5.98. The standard InChI is InChI=1S/C45H83NO8/c1-6-8-10-12-14-16-18-20-21-22-24-26-28-30-32-34-36-43(48)54-41(40-53-45(44(49)50)51-38-37-46(3,4)5)39-52-42(47)35-33-31-29-27-25-23-19-17-15-13-11-9-7-2/h16,18,21-22,41,45H,6-15,17,19-20,23-40H2,1-5H3/b18-16-,22-21-. The van der Waals surface area contributed by atoms with E-state index in [1.807, 2.05) is 21.1 Å². The number of aliphatic carboxylic acids is 1. The highest BCUT2D eigenvalue weighted by atomic mass is 16.7. The molecule has 0 fully saturated rings. The Morgan fingerprint density at radius 3 is 1.48 bits per heavy atom. The smallest absolute Gasteiger partial charge is 0.306 e. The molecule has 0 amide bonds. The van der Waals surface area contributed by atoms with Gasteiger partial charge >= 0.3 is 11.9 Å². The van der Waals surface area contributed by atoms with E-state index in [1.165, 1.54) is 96.3 Å². The molecule has 0 saturated heterocycles. The number of carboxylic acid groups (broad SMARTS) is 1. The van der Waals surface area contributed by atoms with E-state index in [0.717, 1.165) is 57.8 Å². The lowest BCUT2D eigenvalue weighted by Gasteiger charge is -2.26. The number of nitrogens with zero attached hydrogens (tertiary/aromatic N) is 1. The summed E-state index contributed by atoms with van der Waals surface area (Å²) in [6.07, 6.45) is 36.3. The number of unbranched alkanes of at least 4 members (excludes halogenated alkanes) is 21. The van der Waals surface area contributed by atoms with Gasteiger partial charge in [0.25, 0.3) is 0 Å². The van der Waals surface area contributed by atoms with Gasteiger partial charge in [-0.05, 0) is 44.9 Å². The first-order valence-electron chi connectivity index (χ1n) is 22.0. The van der Waals surface area contributed by atoms with Gasteiger partial charge in [0.1, 0.15) is 13.2 Å². The maximum absolute atomic E-state index is 12.7. The maximum Gasteiger partial charge on any atom is 0.306 e. The quantitative estimate of drug-likeness (QED) is 0.0199. The molecule has 0 heterocycles. The summed E-state index contributed by atoms with van der Waals surface area (Å²) >= 11 is 0. The molecule has 0 aliphatic rings. The summed E-state index contributed by atoms with van der Waals surface area (Å²) in [7, 11) is 5.90. The molecule has 9 nitrogen and oxygen atoms in total. The van der Waals surface area contributed by atoms with Crippen LogP contribution in [0.25, 0.3) is 0 Å². The Hall–Kier alpha value is -2.23. The van der Waals surface area contributed by atoms with Crippen molar-refractivity contribution in [3.05, 3.63) is 24.3 Å².